The van der Waals surface area contributed by atoms with E-state index in [-0.39, 0.29) is 23.5 Å². The Morgan fingerprint density at radius 2 is 1.79 bits per heavy atom. The summed E-state index contributed by atoms with van der Waals surface area (Å²) in [5.74, 6) is 0. The van der Waals surface area contributed by atoms with Crippen LogP contribution in [0.4, 0.5) is 0 Å². The smallest absolute Gasteiger partial charge is 0.330 e. The zero-order valence-electron chi connectivity index (χ0n) is 14.3. The summed E-state index contributed by atoms with van der Waals surface area (Å²) in [4.78, 5) is 26.2. The van der Waals surface area contributed by atoms with Gasteiger partial charge in [0, 0.05) is 45.5 Å². The lowest BCUT2D eigenvalue weighted by atomic mass is 10.1. The van der Waals surface area contributed by atoms with Crippen molar-refractivity contribution in [2.45, 2.75) is 25.7 Å². The molecule has 2 atom stereocenters. The summed E-state index contributed by atoms with van der Waals surface area (Å²) in [6.45, 7) is 4.11. The van der Waals surface area contributed by atoms with Gasteiger partial charge in [-0.1, -0.05) is 30.3 Å². The maximum Gasteiger partial charge on any atom is 0.330 e. The van der Waals surface area contributed by atoms with E-state index in [1.165, 1.54) is 7.05 Å². The zero-order valence-corrected chi connectivity index (χ0v) is 14.3. The second-order valence-corrected chi connectivity index (χ2v) is 6.41. The number of morpholine rings is 1. The Hall–Kier alpha value is -2.18. The molecule has 6 heteroatoms. The Bertz CT molecular complexity index is 826. The van der Waals surface area contributed by atoms with Crippen LogP contribution in [0.5, 0.6) is 0 Å². The van der Waals surface area contributed by atoms with E-state index >= 15 is 0 Å². The molecule has 0 bridgehead atoms. The molecule has 2 aromatic rings. The quantitative estimate of drug-likeness (QED) is 0.844. The molecule has 24 heavy (non-hydrogen) atoms. The first kappa shape index (κ1) is 16.7. The Labute approximate surface area is 140 Å². The molecule has 1 aliphatic rings. The van der Waals surface area contributed by atoms with E-state index in [0.717, 1.165) is 28.9 Å². The van der Waals surface area contributed by atoms with Crippen molar-refractivity contribution in [1.29, 1.82) is 0 Å². The lowest BCUT2D eigenvalue weighted by molar-refractivity contribution is -0.0819. The third-order valence-electron chi connectivity index (χ3n) is 4.52. The molecule has 1 aliphatic heterocycles. The molecule has 6 nitrogen and oxygen atoms in total. The highest BCUT2D eigenvalue weighted by molar-refractivity contribution is 5.18. The summed E-state index contributed by atoms with van der Waals surface area (Å²) >= 11 is 0. The largest absolute Gasteiger partial charge is 0.368 e. The van der Waals surface area contributed by atoms with E-state index in [1.54, 1.807) is 17.7 Å². The highest BCUT2D eigenvalue weighted by Gasteiger charge is 2.27. The summed E-state index contributed by atoms with van der Waals surface area (Å²) in [5.41, 5.74) is 1.31. The molecule has 0 N–H and O–H groups in total. The molecule has 0 saturated carbocycles. The predicted octanol–water partition coefficient (Wildman–Crippen LogP) is 1.05. The number of nitrogens with zero attached hydrogens (tertiary/aromatic N) is 3. The minimum atomic E-state index is -0.293. The zero-order chi connectivity index (χ0) is 17.3. The SMILES string of the molecule is C[C@@H]1CN(Cc2cc(=O)n(C)c(=O)n2C)C[C@H](c2ccccc2)O1. The summed E-state index contributed by atoms with van der Waals surface area (Å²) in [6.07, 6.45) is 0.0889. The molecule has 1 fully saturated rings. The lowest BCUT2D eigenvalue weighted by Gasteiger charge is -2.37. The van der Waals surface area contributed by atoms with E-state index in [0.29, 0.717) is 6.54 Å². The fourth-order valence-corrected chi connectivity index (χ4v) is 3.18. The summed E-state index contributed by atoms with van der Waals surface area (Å²) in [6, 6.07) is 11.7. The summed E-state index contributed by atoms with van der Waals surface area (Å²) in [5, 5.41) is 0. The second kappa shape index (κ2) is 6.75. The highest BCUT2D eigenvalue weighted by atomic mass is 16.5. The minimum Gasteiger partial charge on any atom is -0.368 e. The first-order valence-corrected chi connectivity index (χ1v) is 8.14. The molecule has 1 aromatic carbocycles. The number of hydrogen-bond donors (Lipinski definition) is 0. The number of hydrogen-bond acceptors (Lipinski definition) is 4. The van der Waals surface area contributed by atoms with Crippen molar-refractivity contribution in [1.82, 2.24) is 14.0 Å². The molecule has 3 rings (SSSR count). The monoisotopic (exact) mass is 329 g/mol. The van der Waals surface area contributed by atoms with Gasteiger partial charge in [-0.25, -0.2) is 4.79 Å². The number of benzene rings is 1. The molecule has 128 valence electrons. The van der Waals surface area contributed by atoms with Crippen molar-refractivity contribution in [2.75, 3.05) is 13.1 Å². The van der Waals surface area contributed by atoms with Gasteiger partial charge in [0.05, 0.1) is 12.2 Å². The molecule has 2 heterocycles. The van der Waals surface area contributed by atoms with Crippen LogP contribution in [0.25, 0.3) is 0 Å². The van der Waals surface area contributed by atoms with Gasteiger partial charge in [0.25, 0.3) is 5.56 Å². The maximum atomic E-state index is 12.1. The fourth-order valence-electron chi connectivity index (χ4n) is 3.18. The van der Waals surface area contributed by atoms with Gasteiger partial charge in [0.1, 0.15) is 0 Å². The molecule has 0 amide bonds. The number of aromatic nitrogens is 2. The van der Waals surface area contributed by atoms with Crippen LogP contribution >= 0.6 is 0 Å². The van der Waals surface area contributed by atoms with Crippen molar-refractivity contribution in [3.63, 3.8) is 0 Å². The molecular formula is C18H23N3O3. The molecule has 0 aliphatic carbocycles. The van der Waals surface area contributed by atoms with Gasteiger partial charge in [-0.05, 0) is 12.5 Å². The van der Waals surface area contributed by atoms with Crippen LogP contribution in [0.15, 0.2) is 46.0 Å². The second-order valence-electron chi connectivity index (χ2n) is 6.41. The van der Waals surface area contributed by atoms with Crippen LogP contribution in [0, 0.1) is 0 Å². The van der Waals surface area contributed by atoms with Crippen molar-refractivity contribution in [3.8, 4) is 0 Å². The Morgan fingerprint density at radius 3 is 2.50 bits per heavy atom. The standard InChI is InChI=1S/C18H23N3O3/c1-13-10-21(12-16(24-13)14-7-5-4-6-8-14)11-15-9-17(22)20(3)18(23)19(15)2/h4-9,13,16H,10-12H2,1-3H3/t13-,16-/m1/s1. The van der Waals surface area contributed by atoms with E-state index in [9.17, 15) is 9.59 Å². The Morgan fingerprint density at radius 1 is 1.08 bits per heavy atom. The van der Waals surface area contributed by atoms with Crippen LogP contribution in [0.2, 0.25) is 0 Å². The summed E-state index contributed by atoms with van der Waals surface area (Å²) in [7, 11) is 3.20. The highest BCUT2D eigenvalue weighted by Crippen LogP contribution is 2.25. The Balaban J connectivity index is 1.83. The van der Waals surface area contributed by atoms with Gasteiger partial charge >= 0.3 is 5.69 Å². The first-order valence-electron chi connectivity index (χ1n) is 8.14. The van der Waals surface area contributed by atoms with Crippen LogP contribution in [-0.4, -0.2) is 33.2 Å². The third-order valence-corrected chi connectivity index (χ3v) is 4.52. The van der Waals surface area contributed by atoms with E-state index in [2.05, 4.69) is 17.0 Å². The third kappa shape index (κ3) is 3.34. The number of rotatable bonds is 3. The minimum absolute atomic E-state index is 0.00137. The van der Waals surface area contributed by atoms with E-state index < -0.39 is 0 Å². The van der Waals surface area contributed by atoms with Crippen molar-refractivity contribution in [2.24, 2.45) is 14.1 Å². The molecule has 0 radical (unpaired) electrons. The molecular weight excluding hydrogens is 306 g/mol. The molecule has 1 saturated heterocycles. The van der Waals surface area contributed by atoms with Gasteiger partial charge in [-0.3, -0.25) is 18.8 Å². The molecule has 0 spiro atoms. The molecule has 0 unspecified atom stereocenters. The van der Waals surface area contributed by atoms with Crippen molar-refractivity contribution in [3.05, 3.63) is 68.5 Å². The number of ether oxygens (including phenoxy) is 1. The fraction of sp³-hybridized carbons (Fsp3) is 0.444. The summed E-state index contributed by atoms with van der Waals surface area (Å²) < 4.78 is 8.72. The maximum absolute atomic E-state index is 12.1. The van der Waals surface area contributed by atoms with Crippen LogP contribution in [0.1, 0.15) is 24.3 Å². The van der Waals surface area contributed by atoms with Crippen molar-refractivity contribution < 1.29 is 4.74 Å². The average molecular weight is 329 g/mol. The van der Waals surface area contributed by atoms with Crippen LogP contribution in [0.3, 0.4) is 0 Å². The van der Waals surface area contributed by atoms with Gasteiger partial charge in [-0.15, -0.1) is 0 Å². The van der Waals surface area contributed by atoms with Gasteiger partial charge in [-0.2, -0.15) is 0 Å². The van der Waals surface area contributed by atoms with Crippen LogP contribution in [-0.2, 0) is 25.4 Å². The molecule has 1 aromatic heterocycles. The van der Waals surface area contributed by atoms with Crippen LogP contribution < -0.4 is 11.2 Å². The normalized spacial score (nSPS) is 21.8. The average Bonchev–Trinajstić information content (AvgIpc) is 2.58. The lowest BCUT2D eigenvalue weighted by Crippen LogP contribution is -2.44. The van der Waals surface area contributed by atoms with E-state index in [4.69, 9.17) is 4.74 Å². The van der Waals surface area contributed by atoms with Gasteiger partial charge in [0.15, 0.2) is 0 Å². The van der Waals surface area contributed by atoms with Gasteiger partial charge in [0.2, 0.25) is 0 Å². The van der Waals surface area contributed by atoms with Crippen molar-refractivity contribution >= 4 is 0 Å². The predicted molar refractivity (Wildman–Crippen MR) is 91.9 cm³/mol. The first-order chi connectivity index (χ1) is 11.5. The van der Waals surface area contributed by atoms with Gasteiger partial charge < -0.3 is 4.74 Å². The Kier molecular flexibility index (Phi) is 4.69. The topological polar surface area (TPSA) is 56.5 Å². The van der Waals surface area contributed by atoms with E-state index in [1.807, 2.05) is 25.1 Å².